The van der Waals surface area contributed by atoms with Gasteiger partial charge in [0.05, 0.1) is 5.69 Å². The maximum Gasteiger partial charge on any atom is 0.248 e. The van der Waals surface area contributed by atoms with Crippen LogP contribution in [0.2, 0.25) is 0 Å². The van der Waals surface area contributed by atoms with E-state index >= 15 is 0 Å². The monoisotopic (exact) mass is 398 g/mol. The number of hydrogen-bond donors (Lipinski definition) is 1. The number of para-hydroxylation sites is 1. The summed E-state index contributed by atoms with van der Waals surface area (Å²) < 4.78 is 45.7. The molecule has 1 aliphatic rings. The smallest absolute Gasteiger partial charge is 0.248 e. The number of halogens is 1. The molecule has 0 atom stereocenters. The molecular formula is C16H19FN4O3S2. The van der Waals surface area contributed by atoms with E-state index in [1.165, 1.54) is 10.4 Å². The molecule has 0 aliphatic carbocycles. The van der Waals surface area contributed by atoms with Crippen molar-refractivity contribution in [1.29, 1.82) is 0 Å². The predicted molar refractivity (Wildman–Crippen MR) is 98.9 cm³/mol. The molecule has 0 bridgehead atoms. The zero-order valence-electron chi connectivity index (χ0n) is 14.4. The van der Waals surface area contributed by atoms with Gasteiger partial charge in [-0.25, -0.2) is 12.8 Å². The molecule has 1 aromatic carbocycles. The minimum atomic E-state index is -3.67. The summed E-state index contributed by atoms with van der Waals surface area (Å²) in [5, 5.41) is 6.95. The van der Waals surface area contributed by atoms with Gasteiger partial charge in [0.25, 0.3) is 0 Å². The lowest BCUT2D eigenvalue weighted by Gasteiger charge is -2.35. The minimum absolute atomic E-state index is 0.123. The number of nitrogens with zero attached hydrogens (tertiary/aromatic N) is 3. The van der Waals surface area contributed by atoms with Crippen LogP contribution in [-0.2, 0) is 10.0 Å². The van der Waals surface area contributed by atoms with Gasteiger partial charge in [-0.2, -0.15) is 4.31 Å². The Hall–Kier alpha value is -2.04. The largest absolute Gasteiger partial charge is 0.360 e. The van der Waals surface area contributed by atoms with Crippen molar-refractivity contribution < 1.29 is 17.3 Å². The van der Waals surface area contributed by atoms with E-state index < -0.39 is 15.8 Å². The summed E-state index contributed by atoms with van der Waals surface area (Å²) >= 11 is 5.32. The molecule has 0 radical (unpaired) electrons. The lowest BCUT2D eigenvalue weighted by Crippen LogP contribution is -2.51. The summed E-state index contributed by atoms with van der Waals surface area (Å²) in [5.74, 6) is -0.115. The second-order valence-corrected chi connectivity index (χ2v) is 8.22. The highest BCUT2D eigenvalue weighted by atomic mass is 32.2. The van der Waals surface area contributed by atoms with Gasteiger partial charge in [-0.1, -0.05) is 17.3 Å². The maximum absolute atomic E-state index is 13.7. The van der Waals surface area contributed by atoms with E-state index in [0.29, 0.717) is 29.6 Å². The van der Waals surface area contributed by atoms with Crippen LogP contribution in [0.1, 0.15) is 11.5 Å². The highest BCUT2D eigenvalue weighted by Gasteiger charge is 2.33. The van der Waals surface area contributed by atoms with Crippen LogP contribution in [0.5, 0.6) is 0 Å². The summed E-state index contributed by atoms with van der Waals surface area (Å²) in [7, 11) is -3.67. The third-order valence-electron chi connectivity index (χ3n) is 4.21. The molecule has 140 valence electrons. The number of rotatable bonds is 3. The molecule has 1 saturated heterocycles. The van der Waals surface area contributed by atoms with Crippen LogP contribution in [0.15, 0.2) is 33.7 Å². The van der Waals surface area contributed by atoms with Crippen molar-refractivity contribution in [2.24, 2.45) is 0 Å². The SMILES string of the molecule is Cc1noc(C)c1S(=O)(=O)N1CCN(C(=S)Nc2ccccc2F)CC1. The van der Waals surface area contributed by atoms with Crippen LogP contribution in [0, 0.1) is 19.7 Å². The second-order valence-electron chi connectivity index (χ2n) is 5.95. The first-order valence-corrected chi connectivity index (χ1v) is 9.89. The van der Waals surface area contributed by atoms with E-state index in [0.717, 1.165) is 0 Å². The highest BCUT2D eigenvalue weighted by Crippen LogP contribution is 2.24. The van der Waals surface area contributed by atoms with Crippen LogP contribution in [0.25, 0.3) is 0 Å². The third-order valence-corrected chi connectivity index (χ3v) is 6.71. The molecule has 1 aromatic heterocycles. The molecular weight excluding hydrogens is 379 g/mol. The Bertz CT molecular complexity index is 902. The molecule has 0 unspecified atom stereocenters. The van der Waals surface area contributed by atoms with E-state index in [2.05, 4.69) is 10.5 Å². The predicted octanol–water partition coefficient (Wildman–Crippen LogP) is 2.13. The van der Waals surface area contributed by atoms with Gasteiger partial charge in [0, 0.05) is 26.2 Å². The van der Waals surface area contributed by atoms with Crippen molar-refractivity contribution in [3.8, 4) is 0 Å². The lowest BCUT2D eigenvalue weighted by molar-refractivity contribution is 0.268. The lowest BCUT2D eigenvalue weighted by atomic mass is 10.3. The first-order valence-electron chi connectivity index (χ1n) is 8.04. The number of benzene rings is 1. The van der Waals surface area contributed by atoms with Gasteiger partial charge < -0.3 is 14.7 Å². The first-order chi connectivity index (χ1) is 12.3. The summed E-state index contributed by atoms with van der Waals surface area (Å²) in [6.45, 7) is 4.53. The van der Waals surface area contributed by atoms with E-state index in [4.69, 9.17) is 16.7 Å². The quantitative estimate of drug-likeness (QED) is 0.794. The Balaban J connectivity index is 1.66. The van der Waals surface area contributed by atoms with Crippen molar-refractivity contribution in [2.45, 2.75) is 18.7 Å². The average Bonchev–Trinajstić information content (AvgIpc) is 2.96. The van der Waals surface area contributed by atoms with Gasteiger partial charge in [-0.05, 0) is 38.2 Å². The molecule has 2 aromatic rings. The molecule has 10 heteroatoms. The summed E-state index contributed by atoms with van der Waals surface area (Å²) in [5.41, 5.74) is 0.643. The molecule has 0 saturated carbocycles. The van der Waals surface area contributed by atoms with Crippen LogP contribution in [0.3, 0.4) is 0 Å². The van der Waals surface area contributed by atoms with Gasteiger partial charge in [0.1, 0.15) is 16.4 Å². The van der Waals surface area contributed by atoms with E-state index in [-0.39, 0.29) is 23.7 Å². The minimum Gasteiger partial charge on any atom is -0.360 e. The number of anilines is 1. The number of piperazine rings is 1. The number of aromatic nitrogens is 1. The van der Waals surface area contributed by atoms with Crippen molar-refractivity contribution in [3.63, 3.8) is 0 Å². The highest BCUT2D eigenvalue weighted by molar-refractivity contribution is 7.89. The first kappa shape index (κ1) is 18.7. The molecule has 0 spiro atoms. The Morgan fingerprint density at radius 3 is 2.46 bits per heavy atom. The fraction of sp³-hybridized carbons (Fsp3) is 0.375. The molecule has 0 amide bonds. The number of sulfonamides is 1. The molecule has 1 aliphatic heterocycles. The molecule has 1 fully saturated rings. The fourth-order valence-corrected chi connectivity index (χ4v) is 4.87. The number of nitrogens with one attached hydrogen (secondary N) is 1. The van der Waals surface area contributed by atoms with E-state index in [1.807, 2.05) is 4.90 Å². The summed E-state index contributed by atoms with van der Waals surface area (Å²) in [6.07, 6.45) is 0. The second kappa shape index (κ2) is 7.29. The summed E-state index contributed by atoms with van der Waals surface area (Å²) in [4.78, 5) is 1.94. The Labute approximate surface area is 156 Å². The van der Waals surface area contributed by atoms with Gasteiger partial charge in [0.2, 0.25) is 10.0 Å². The van der Waals surface area contributed by atoms with Crippen molar-refractivity contribution in [1.82, 2.24) is 14.4 Å². The normalized spacial score (nSPS) is 15.9. The molecule has 7 nitrogen and oxygen atoms in total. The number of aryl methyl sites for hydroxylation is 2. The zero-order chi connectivity index (χ0) is 18.9. The van der Waals surface area contributed by atoms with Gasteiger partial charge in [-0.15, -0.1) is 0 Å². The van der Waals surface area contributed by atoms with Gasteiger partial charge >= 0.3 is 0 Å². The van der Waals surface area contributed by atoms with Crippen LogP contribution in [0.4, 0.5) is 10.1 Å². The third kappa shape index (κ3) is 3.57. The van der Waals surface area contributed by atoms with Crippen molar-refractivity contribution in [3.05, 3.63) is 41.5 Å². The Morgan fingerprint density at radius 2 is 1.88 bits per heavy atom. The van der Waals surface area contributed by atoms with Crippen molar-refractivity contribution in [2.75, 3.05) is 31.5 Å². The van der Waals surface area contributed by atoms with E-state index in [9.17, 15) is 12.8 Å². The maximum atomic E-state index is 13.7. The van der Waals surface area contributed by atoms with Crippen LogP contribution < -0.4 is 5.32 Å². The van der Waals surface area contributed by atoms with E-state index in [1.54, 1.807) is 32.0 Å². The average molecular weight is 398 g/mol. The van der Waals surface area contributed by atoms with Gasteiger partial charge in [-0.3, -0.25) is 0 Å². The fourth-order valence-electron chi connectivity index (χ4n) is 2.86. The standard InChI is InChI=1S/C16H19FN4O3S2/c1-11-15(12(2)24-19-11)26(22,23)21-9-7-20(8-10-21)16(25)18-14-6-4-3-5-13(14)17/h3-6H,7-10H2,1-2H3,(H,18,25). The molecule has 3 rings (SSSR count). The molecule has 2 heterocycles. The molecule has 1 N–H and O–H groups in total. The number of hydrogen-bond acceptors (Lipinski definition) is 5. The van der Waals surface area contributed by atoms with Crippen molar-refractivity contribution >= 4 is 33.0 Å². The summed E-state index contributed by atoms with van der Waals surface area (Å²) in [6, 6.07) is 6.25. The van der Waals surface area contributed by atoms with Gasteiger partial charge in [0.15, 0.2) is 10.9 Å². The topological polar surface area (TPSA) is 78.7 Å². The van der Waals surface area contributed by atoms with Crippen LogP contribution >= 0.6 is 12.2 Å². The Morgan fingerprint density at radius 1 is 1.23 bits per heavy atom. The zero-order valence-corrected chi connectivity index (χ0v) is 16.0. The number of thiocarbonyl (C=S) groups is 1. The molecule has 26 heavy (non-hydrogen) atoms. The van der Waals surface area contributed by atoms with Crippen LogP contribution in [-0.4, -0.2) is 54.1 Å². The Kier molecular flexibility index (Phi) is 5.26.